The van der Waals surface area contributed by atoms with Crippen LogP contribution in [0.3, 0.4) is 0 Å². The van der Waals surface area contributed by atoms with Crippen LogP contribution in [0, 0.1) is 11.8 Å². The van der Waals surface area contributed by atoms with E-state index in [0.29, 0.717) is 41.6 Å². The van der Waals surface area contributed by atoms with Crippen LogP contribution in [0.25, 0.3) is 11.3 Å². The second-order valence-corrected chi connectivity index (χ2v) is 12.0. The smallest absolute Gasteiger partial charge is 0.383 e. The SMILES string of the molecule is CC(C)n1nc(-c2cnc(N)c(C(F)(F)F)c2)cc1[C@H]1[C@@H]2C[C@@H](N(C)CCS(C)(=O)=O)C[C@@H]21. The Kier molecular flexibility index (Phi) is 6.01. The highest BCUT2D eigenvalue weighted by Gasteiger charge is 2.58. The zero-order valence-electron chi connectivity index (χ0n) is 19.2. The van der Waals surface area contributed by atoms with E-state index in [9.17, 15) is 21.6 Å². The van der Waals surface area contributed by atoms with Gasteiger partial charge in [0.15, 0.2) is 0 Å². The van der Waals surface area contributed by atoms with E-state index >= 15 is 0 Å². The molecule has 4 atom stereocenters. The summed E-state index contributed by atoms with van der Waals surface area (Å²) in [5.74, 6) is 0.883. The predicted octanol–water partition coefficient (Wildman–Crippen LogP) is 3.60. The lowest BCUT2D eigenvalue weighted by Gasteiger charge is -2.26. The van der Waals surface area contributed by atoms with Crippen molar-refractivity contribution in [2.75, 3.05) is 31.3 Å². The molecule has 2 N–H and O–H groups in total. The van der Waals surface area contributed by atoms with E-state index in [1.807, 2.05) is 31.6 Å². The molecule has 2 aromatic rings. The molecule has 2 aliphatic rings. The Morgan fingerprint density at radius 3 is 2.42 bits per heavy atom. The molecule has 0 bridgehead atoms. The van der Waals surface area contributed by atoms with E-state index in [1.54, 1.807) is 0 Å². The van der Waals surface area contributed by atoms with Crippen LogP contribution >= 0.6 is 0 Å². The first-order valence-electron chi connectivity index (χ1n) is 11.1. The van der Waals surface area contributed by atoms with Crippen molar-refractivity contribution in [3.05, 3.63) is 29.6 Å². The monoisotopic (exact) mass is 485 g/mol. The fourth-order valence-corrected chi connectivity index (χ4v) is 5.78. The zero-order valence-corrected chi connectivity index (χ0v) is 20.0. The van der Waals surface area contributed by atoms with Crippen LogP contribution in [0.2, 0.25) is 0 Å². The third kappa shape index (κ3) is 4.89. The number of anilines is 1. The number of sulfone groups is 1. The van der Waals surface area contributed by atoms with Crippen LogP contribution in [0.15, 0.2) is 18.3 Å². The van der Waals surface area contributed by atoms with Gasteiger partial charge in [0.05, 0.1) is 17.0 Å². The maximum atomic E-state index is 13.3. The summed E-state index contributed by atoms with van der Waals surface area (Å²) in [6.07, 6.45) is -0.0301. The molecule has 0 amide bonds. The molecule has 0 aliphatic heterocycles. The lowest BCUT2D eigenvalue weighted by atomic mass is 10.0. The Bertz CT molecular complexity index is 1130. The first kappa shape index (κ1) is 24.0. The van der Waals surface area contributed by atoms with Crippen molar-refractivity contribution in [1.29, 1.82) is 0 Å². The van der Waals surface area contributed by atoms with Crippen LogP contribution in [0.1, 0.15) is 49.9 Å². The van der Waals surface area contributed by atoms with Gasteiger partial charge in [-0.05, 0) is 57.7 Å². The van der Waals surface area contributed by atoms with Gasteiger partial charge in [-0.25, -0.2) is 13.4 Å². The van der Waals surface area contributed by atoms with E-state index < -0.39 is 27.4 Å². The van der Waals surface area contributed by atoms with Gasteiger partial charge in [-0.1, -0.05) is 0 Å². The number of aromatic nitrogens is 3. The van der Waals surface area contributed by atoms with Crippen LogP contribution in [-0.2, 0) is 16.0 Å². The molecule has 0 aromatic carbocycles. The number of pyridine rings is 1. The highest BCUT2D eigenvalue weighted by Crippen LogP contribution is 2.64. The molecule has 2 aromatic heterocycles. The molecule has 0 spiro atoms. The number of hydrogen-bond acceptors (Lipinski definition) is 6. The fourth-order valence-electron chi connectivity index (χ4n) is 5.16. The molecule has 0 radical (unpaired) electrons. The topological polar surface area (TPSA) is 94.1 Å². The third-order valence-corrected chi connectivity index (χ3v) is 7.90. The van der Waals surface area contributed by atoms with Crippen LogP contribution < -0.4 is 5.73 Å². The van der Waals surface area contributed by atoms with Gasteiger partial charge in [0.25, 0.3) is 0 Å². The number of nitrogens with zero attached hydrogens (tertiary/aromatic N) is 4. The predicted molar refractivity (Wildman–Crippen MR) is 120 cm³/mol. The van der Waals surface area contributed by atoms with Crippen molar-refractivity contribution in [1.82, 2.24) is 19.7 Å². The minimum atomic E-state index is -4.58. The lowest BCUT2D eigenvalue weighted by Crippen LogP contribution is -2.34. The minimum absolute atomic E-state index is 0.0622. The van der Waals surface area contributed by atoms with E-state index in [2.05, 4.69) is 15.0 Å². The van der Waals surface area contributed by atoms with Crippen molar-refractivity contribution in [3.63, 3.8) is 0 Å². The molecule has 4 rings (SSSR count). The Balaban J connectivity index is 1.53. The molecular formula is C22H30F3N5O2S. The largest absolute Gasteiger partial charge is 0.419 e. The number of fused-ring (bicyclic) bond motifs is 1. The number of halogens is 3. The Labute approximate surface area is 192 Å². The summed E-state index contributed by atoms with van der Waals surface area (Å²) >= 11 is 0. The molecule has 2 aliphatic carbocycles. The molecule has 7 nitrogen and oxygen atoms in total. The van der Waals surface area contributed by atoms with Gasteiger partial charge in [0.1, 0.15) is 15.7 Å². The Morgan fingerprint density at radius 1 is 1.24 bits per heavy atom. The maximum absolute atomic E-state index is 13.3. The highest BCUT2D eigenvalue weighted by atomic mass is 32.2. The second-order valence-electron chi connectivity index (χ2n) is 9.74. The summed E-state index contributed by atoms with van der Waals surface area (Å²) in [6, 6.07) is 3.31. The van der Waals surface area contributed by atoms with Gasteiger partial charge in [0, 0.05) is 48.3 Å². The summed E-state index contributed by atoms with van der Waals surface area (Å²) in [4.78, 5) is 5.88. The zero-order chi connectivity index (χ0) is 24.3. The summed E-state index contributed by atoms with van der Waals surface area (Å²) in [7, 11) is -1.02. The summed E-state index contributed by atoms with van der Waals surface area (Å²) in [6.45, 7) is 4.53. The van der Waals surface area contributed by atoms with Crippen molar-refractivity contribution < 1.29 is 21.6 Å². The molecule has 33 heavy (non-hydrogen) atoms. The lowest BCUT2D eigenvalue weighted by molar-refractivity contribution is -0.137. The quantitative estimate of drug-likeness (QED) is 0.644. The molecule has 2 fully saturated rings. The normalized spacial score (nSPS) is 25.1. The van der Waals surface area contributed by atoms with Gasteiger partial charge in [0.2, 0.25) is 0 Å². The van der Waals surface area contributed by atoms with Crippen molar-refractivity contribution in [2.24, 2.45) is 11.8 Å². The third-order valence-electron chi connectivity index (χ3n) is 6.97. The van der Waals surface area contributed by atoms with E-state index in [0.717, 1.165) is 24.6 Å². The minimum Gasteiger partial charge on any atom is -0.383 e. The number of hydrogen-bond donors (Lipinski definition) is 1. The maximum Gasteiger partial charge on any atom is 0.419 e. The average Bonchev–Trinajstić information content (AvgIpc) is 3.07. The van der Waals surface area contributed by atoms with E-state index in [4.69, 9.17) is 5.73 Å². The molecule has 182 valence electrons. The molecule has 0 unspecified atom stereocenters. The number of alkyl halides is 3. The van der Waals surface area contributed by atoms with Gasteiger partial charge in [-0.2, -0.15) is 18.3 Å². The van der Waals surface area contributed by atoms with Crippen molar-refractivity contribution in [3.8, 4) is 11.3 Å². The van der Waals surface area contributed by atoms with Crippen LogP contribution in [-0.4, -0.2) is 59.7 Å². The van der Waals surface area contributed by atoms with Crippen LogP contribution in [0.4, 0.5) is 19.0 Å². The molecule has 0 saturated heterocycles. The Hall–Kier alpha value is -2.14. The van der Waals surface area contributed by atoms with Gasteiger partial charge < -0.3 is 10.6 Å². The van der Waals surface area contributed by atoms with Crippen molar-refractivity contribution >= 4 is 15.7 Å². The molecule has 11 heteroatoms. The Morgan fingerprint density at radius 2 is 1.88 bits per heavy atom. The molecule has 2 saturated carbocycles. The standard InChI is InChI=1S/C22H30F3N5O2S/c1-12(2)30-19(10-18(28-30)13-7-17(22(23,24)25)21(26)27-11-13)20-15-8-14(9-16(15)20)29(3)5-6-33(4,31)32/h7,10-12,14-16,20H,5-6,8-9H2,1-4H3,(H2,26,27)/t14-,15-,16+,20+. The molecular weight excluding hydrogens is 455 g/mol. The van der Waals surface area contributed by atoms with Crippen LogP contribution in [0.5, 0.6) is 0 Å². The fraction of sp³-hybridized carbons (Fsp3) is 0.636. The first-order chi connectivity index (χ1) is 15.3. The van der Waals surface area contributed by atoms with Gasteiger partial charge in [-0.15, -0.1) is 0 Å². The molecule has 2 heterocycles. The highest BCUT2D eigenvalue weighted by molar-refractivity contribution is 7.90. The summed E-state index contributed by atoms with van der Waals surface area (Å²) in [5, 5.41) is 4.62. The summed E-state index contributed by atoms with van der Waals surface area (Å²) < 4.78 is 64.7. The average molecular weight is 486 g/mol. The second kappa shape index (κ2) is 8.26. The van der Waals surface area contributed by atoms with Gasteiger partial charge in [-0.3, -0.25) is 4.68 Å². The van der Waals surface area contributed by atoms with Crippen molar-refractivity contribution in [2.45, 2.75) is 50.9 Å². The first-order valence-corrected chi connectivity index (χ1v) is 13.1. The van der Waals surface area contributed by atoms with E-state index in [1.165, 1.54) is 12.5 Å². The van der Waals surface area contributed by atoms with Gasteiger partial charge >= 0.3 is 6.18 Å². The summed E-state index contributed by atoms with van der Waals surface area (Å²) in [5.41, 5.74) is 6.29. The number of rotatable bonds is 7. The van der Waals surface area contributed by atoms with E-state index in [-0.39, 0.29) is 11.8 Å². The number of nitrogens with two attached hydrogens (primary N) is 1. The number of nitrogen functional groups attached to an aromatic ring is 1.